The largest absolute Gasteiger partial charge is 0.493 e. The maximum atomic E-state index is 6.01. The van der Waals surface area contributed by atoms with Crippen LogP contribution in [-0.2, 0) is 0 Å². The molecule has 0 unspecified atom stereocenters. The van der Waals surface area contributed by atoms with Crippen molar-refractivity contribution in [1.82, 2.24) is 0 Å². The summed E-state index contributed by atoms with van der Waals surface area (Å²) in [6, 6.07) is 5.41. The van der Waals surface area contributed by atoms with Gasteiger partial charge in [-0.3, -0.25) is 0 Å². The van der Waals surface area contributed by atoms with Crippen molar-refractivity contribution in [3.63, 3.8) is 0 Å². The summed E-state index contributed by atoms with van der Waals surface area (Å²) in [4.78, 5) is 0. The number of ether oxygens (including phenoxy) is 2. The first-order valence-corrected chi connectivity index (χ1v) is 5.27. The Balaban J connectivity index is 2.11. The van der Waals surface area contributed by atoms with Crippen LogP contribution >= 0.6 is 11.6 Å². The molecule has 15 heavy (non-hydrogen) atoms. The molecule has 2 rings (SSSR count). The van der Waals surface area contributed by atoms with Crippen LogP contribution in [0, 0.1) is 0 Å². The number of halogens is 1. The van der Waals surface area contributed by atoms with Gasteiger partial charge in [0, 0.05) is 0 Å². The van der Waals surface area contributed by atoms with E-state index >= 15 is 0 Å². The van der Waals surface area contributed by atoms with Gasteiger partial charge >= 0.3 is 0 Å². The van der Waals surface area contributed by atoms with Crippen LogP contribution in [0.4, 0.5) is 0 Å². The van der Waals surface area contributed by atoms with Crippen molar-refractivity contribution in [2.75, 3.05) is 13.7 Å². The first kappa shape index (κ1) is 10.6. The summed E-state index contributed by atoms with van der Waals surface area (Å²) in [5.41, 5.74) is 5.78. The molecule has 0 aliphatic heterocycles. The van der Waals surface area contributed by atoms with E-state index in [-0.39, 0.29) is 5.54 Å². The minimum atomic E-state index is -0.149. The molecule has 0 amide bonds. The van der Waals surface area contributed by atoms with Crippen LogP contribution in [0.3, 0.4) is 0 Å². The molecule has 2 N–H and O–H groups in total. The van der Waals surface area contributed by atoms with Crippen molar-refractivity contribution in [3.8, 4) is 11.5 Å². The Morgan fingerprint density at radius 2 is 2.20 bits per heavy atom. The molecule has 0 heterocycles. The first-order valence-electron chi connectivity index (χ1n) is 4.89. The summed E-state index contributed by atoms with van der Waals surface area (Å²) in [7, 11) is 1.59. The SMILES string of the molecule is COc1cccc(Cl)c1OCC1(N)CC1. The number of rotatable bonds is 4. The van der Waals surface area contributed by atoms with E-state index in [1.165, 1.54) is 0 Å². The third-order valence-corrected chi connectivity index (χ3v) is 2.84. The summed E-state index contributed by atoms with van der Waals surface area (Å²) in [6.45, 7) is 0.493. The van der Waals surface area contributed by atoms with Gasteiger partial charge in [0.1, 0.15) is 6.61 Å². The van der Waals surface area contributed by atoms with Crippen molar-refractivity contribution in [2.24, 2.45) is 5.73 Å². The Kier molecular flexibility index (Phi) is 2.76. The summed E-state index contributed by atoms with van der Waals surface area (Å²) in [5, 5.41) is 0.554. The molecule has 1 aromatic carbocycles. The molecule has 1 aromatic rings. The van der Waals surface area contributed by atoms with E-state index < -0.39 is 0 Å². The van der Waals surface area contributed by atoms with Crippen molar-refractivity contribution in [1.29, 1.82) is 0 Å². The molecular formula is C11H14ClNO2. The third kappa shape index (κ3) is 2.36. The predicted octanol–water partition coefficient (Wildman–Crippen LogP) is 2.22. The lowest BCUT2D eigenvalue weighted by atomic mass is 10.3. The van der Waals surface area contributed by atoms with Gasteiger partial charge in [0.15, 0.2) is 11.5 Å². The minimum absolute atomic E-state index is 0.149. The highest BCUT2D eigenvalue weighted by Gasteiger charge is 2.39. The van der Waals surface area contributed by atoms with Crippen LogP contribution in [0.2, 0.25) is 5.02 Å². The van der Waals surface area contributed by atoms with E-state index in [2.05, 4.69) is 0 Å². The van der Waals surface area contributed by atoms with Crippen LogP contribution in [0.15, 0.2) is 18.2 Å². The average Bonchev–Trinajstić information content (AvgIpc) is 2.95. The summed E-state index contributed by atoms with van der Waals surface area (Å²) in [5.74, 6) is 1.23. The van der Waals surface area contributed by atoms with E-state index in [0.717, 1.165) is 12.8 Å². The smallest absolute Gasteiger partial charge is 0.179 e. The second-order valence-electron chi connectivity index (χ2n) is 3.92. The average molecular weight is 228 g/mol. The zero-order valence-corrected chi connectivity index (χ0v) is 9.38. The molecule has 1 aliphatic rings. The van der Waals surface area contributed by atoms with Crippen molar-refractivity contribution >= 4 is 11.6 Å². The van der Waals surface area contributed by atoms with Crippen molar-refractivity contribution < 1.29 is 9.47 Å². The molecule has 82 valence electrons. The highest BCUT2D eigenvalue weighted by atomic mass is 35.5. The predicted molar refractivity (Wildman–Crippen MR) is 59.7 cm³/mol. The standard InChI is InChI=1S/C11H14ClNO2/c1-14-9-4-2-3-8(12)10(9)15-7-11(13)5-6-11/h2-4H,5-7,13H2,1H3. The van der Waals surface area contributed by atoms with Gasteiger partial charge < -0.3 is 15.2 Å². The second kappa shape index (κ2) is 3.91. The fraction of sp³-hybridized carbons (Fsp3) is 0.455. The molecule has 1 saturated carbocycles. The Bertz CT molecular complexity index is 364. The monoisotopic (exact) mass is 227 g/mol. The molecule has 3 nitrogen and oxygen atoms in total. The minimum Gasteiger partial charge on any atom is -0.493 e. The first-order chi connectivity index (χ1) is 7.14. The van der Waals surface area contributed by atoms with Gasteiger partial charge in [0.05, 0.1) is 17.7 Å². The fourth-order valence-electron chi connectivity index (χ4n) is 1.31. The van der Waals surface area contributed by atoms with Gasteiger partial charge in [-0.15, -0.1) is 0 Å². The van der Waals surface area contributed by atoms with Crippen molar-refractivity contribution in [3.05, 3.63) is 23.2 Å². The molecule has 1 aliphatic carbocycles. The van der Waals surface area contributed by atoms with Gasteiger partial charge in [-0.25, -0.2) is 0 Å². The maximum absolute atomic E-state index is 6.01. The highest BCUT2D eigenvalue weighted by Crippen LogP contribution is 2.38. The molecule has 0 saturated heterocycles. The van der Waals surface area contributed by atoms with Gasteiger partial charge in [0.2, 0.25) is 0 Å². The maximum Gasteiger partial charge on any atom is 0.179 e. The normalized spacial score (nSPS) is 17.3. The Labute approximate surface area is 94.1 Å². The second-order valence-corrected chi connectivity index (χ2v) is 4.33. The van der Waals surface area contributed by atoms with E-state index in [0.29, 0.717) is 23.1 Å². The van der Waals surface area contributed by atoms with E-state index in [1.807, 2.05) is 12.1 Å². The molecule has 1 fully saturated rings. The lowest BCUT2D eigenvalue weighted by molar-refractivity contribution is 0.264. The van der Waals surface area contributed by atoms with Crippen molar-refractivity contribution in [2.45, 2.75) is 18.4 Å². The number of benzene rings is 1. The van der Waals surface area contributed by atoms with Crippen LogP contribution < -0.4 is 15.2 Å². The Morgan fingerprint density at radius 3 is 2.80 bits per heavy atom. The van der Waals surface area contributed by atoms with Crippen LogP contribution in [0.25, 0.3) is 0 Å². The summed E-state index contributed by atoms with van der Waals surface area (Å²) >= 11 is 6.01. The number of methoxy groups -OCH3 is 1. The number of hydrogen-bond donors (Lipinski definition) is 1. The molecule has 0 aromatic heterocycles. The Hall–Kier alpha value is -0.930. The fourth-order valence-corrected chi connectivity index (χ4v) is 1.53. The van der Waals surface area contributed by atoms with Gasteiger partial charge in [0.25, 0.3) is 0 Å². The van der Waals surface area contributed by atoms with Crippen LogP contribution in [0.1, 0.15) is 12.8 Å². The molecule has 4 heteroatoms. The molecular weight excluding hydrogens is 214 g/mol. The highest BCUT2D eigenvalue weighted by molar-refractivity contribution is 6.32. The number of hydrogen-bond acceptors (Lipinski definition) is 3. The molecule has 0 spiro atoms. The van der Waals surface area contributed by atoms with E-state index in [4.69, 9.17) is 26.8 Å². The molecule has 0 bridgehead atoms. The van der Waals surface area contributed by atoms with Gasteiger partial charge in [-0.1, -0.05) is 17.7 Å². The van der Waals surface area contributed by atoms with Gasteiger partial charge in [-0.05, 0) is 25.0 Å². The number of nitrogens with two attached hydrogens (primary N) is 1. The summed E-state index contributed by atoms with van der Waals surface area (Å²) < 4.78 is 10.8. The topological polar surface area (TPSA) is 44.5 Å². The van der Waals surface area contributed by atoms with Crippen LogP contribution in [0.5, 0.6) is 11.5 Å². The van der Waals surface area contributed by atoms with E-state index in [9.17, 15) is 0 Å². The lowest BCUT2D eigenvalue weighted by Crippen LogP contribution is -2.29. The molecule has 0 atom stereocenters. The zero-order chi connectivity index (χ0) is 10.9. The third-order valence-electron chi connectivity index (χ3n) is 2.55. The summed E-state index contributed by atoms with van der Waals surface area (Å²) in [6.07, 6.45) is 2.03. The lowest BCUT2D eigenvalue weighted by Gasteiger charge is -2.14. The quantitative estimate of drug-likeness (QED) is 0.858. The van der Waals surface area contributed by atoms with E-state index in [1.54, 1.807) is 13.2 Å². The number of para-hydroxylation sites is 1. The van der Waals surface area contributed by atoms with Crippen LogP contribution in [-0.4, -0.2) is 19.3 Å². The Morgan fingerprint density at radius 1 is 1.47 bits per heavy atom. The zero-order valence-electron chi connectivity index (χ0n) is 8.63. The molecule has 0 radical (unpaired) electrons. The van der Waals surface area contributed by atoms with Gasteiger partial charge in [-0.2, -0.15) is 0 Å².